The smallest absolute Gasteiger partial charge is 0.303 e. The van der Waals surface area contributed by atoms with Crippen molar-refractivity contribution >= 4 is 16.9 Å². The summed E-state index contributed by atoms with van der Waals surface area (Å²) >= 11 is 0. The molecule has 0 aliphatic carbocycles. The lowest BCUT2D eigenvalue weighted by atomic mass is 9.71. The number of hydrogen-bond acceptors (Lipinski definition) is 5. The van der Waals surface area contributed by atoms with Crippen molar-refractivity contribution in [3.8, 4) is 5.75 Å². The number of pyridine rings is 1. The molecule has 2 N–H and O–H groups in total. The second kappa shape index (κ2) is 12.5. The Balaban J connectivity index is 1.42. The van der Waals surface area contributed by atoms with Gasteiger partial charge in [-0.1, -0.05) is 30.3 Å². The zero-order valence-corrected chi connectivity index (χ0v) is 21.5. The molecule has 198 valence electrons. The number of piperidine rings is 1. The number of halogens is 1. The Morgan fingerprint density at radius 1 is 1.19 bits per heavy atom. The van der Waals surface area contributed by atoms with Crippen LogP contribution in [-0.4, -0.2) is 52.8 Å². The van der Waals surface area contributed by atoms with Gasteiger partial charge < -0.3 is 19.8 Å². The number of carboxylic acid groups (broad SMARTS) is 1. The lowest BCUT2D eigenvalue weighted by molar-refractivity contribution is -0.141. The molecule has 7 heteroatoms. The number of hydrogen-bond donors (Lipinski definition) is 2. The SMILES string of the molecule is COc1ccc2ncc(CF)c([C@H](O)CCC3(CC(=O)O)CCN(CCCc4ccccc4)CC3)c2c1. The molecule has 1 fully saturated rings. The molecule has 1 aliphatic heterocycles. The molecule has 0 radical (unpaired) electrons. The summed E-state index contributed by atoms with van der Waals surface area (Å²) in [4.78, 5) is 18.6. The molecule has 37 heavy (non-hydrogen) atoms. The summed E-state index contributed by atoms with van der Waals surface area (Å²) < 4.78 is 19.2. The largest absolute Gasteiger partial charge is 0.497 e. The lowest BCUT2D eigenvalue weighted by Crippen LogP contribution is -2.41. The zero-order chi connectivity index (χ0) is 26.3. The van der Waals surface area contributed by atoms with Gasteiger partial charge in [0, 0.05) is 17.1 Å². The van der Waals surface area contributed by atoms with Crippen LogP contribution in [-0.2, 0) is 17.9 Å². The van der Waals surface area contributed by atoms with Gasteiger partial charge in [0.15, 0.2) is 0 Å². The molecule has 1 aliphatic rings. The van der Waals surface area contributed by atoms with Gasteiger partial charge in [0.2, 0.25) is 0 Å². The minimum Gasteiger partial charge on any atom is -0.497 e. The third-order valence-electron chi connectivity index (χ3n) is 7.85. The third kappa shape index (κ3) is 6.84. The topological polar surface area (TPSA) is 82.9 Å². The van der Waals surface area contributed by atoms with Crippen LogP contribution in [0.4, 0.5) is 4.39 Å². The van der Waals surface area contributed by atoms with E-state index in [0.29, 0.717) is 40.6 Å². The number of carbonyl (C=O) groups is 1. The van der Waals surface area contributed by atoms with E-state index < -0.39 is 18.7 Å². The van der Waals surface area contributed by atoms with E-state index in [4.69, 9.17) is 4.74 Å². The van der Waals surface area contributed by atoms with Crippen molar-refractivity contribution in [3.05, 3.63) is 71.4 Å². The Labute approximate surface area is 218 Å². The normalized spacial score (nSPS) is 16.5. The molecular formula is C30H37FN2O4. The van der Waals surface area contributed by atoms with E-state index in [9.17, 15) is 19.4 Å². The minimum absolute atomic E-state index is 0.0818. The first kappa shape index (κ1) is 27.0. The molecule has 2 heterocycles. The number of fused-ring (bicyclic) bond motifs is 1. The highest BCUT2D eigenvalue weighted by molar-refractivity contribution is 5.85. The molecule has 0 bridgehead atoms. The molecule has 6 nitrogen and oxygen atoms in total. The van der Waals surface area contributed by atoms with Crippen LogP contribution in [0.5, 0.6) is 5.75 Å². The molecule has 1 aromatic heterocycles. The summed E-state index contributed by atoms with van der Waals surface area (Å²) in [6.07, 6.45) is 5.23. The van der Waals surface area contributed by atoms with Crippen LogP contribution in [0.2, 0.25) is 0 Å². The fourth-order valence-electron chi connectivity index (χ4n) is 5.69. The number of aliphatic hydroxyl groups is 1. The highest BCUT2D eigenvalue weighted by Crippen LogP contribution is 2.42. The number of rotatable bonds is 12. The van der Waals surface area contributed by atoms with Gasteiger partial charge in [-0.15, -0.1) is 0 Å². The summed E-state index contributed by atoms with van der Waals surface area (Å²) in [5.41, 5.74) is 2.50. The first-order chi connectivity index (χ1) is 17.9. The van der Waals surface area contributed by atoms with E-state index in [-0.39, 0.29) is 11.8 Å². The number of aliphatic carboxylic acids is 1. The Morgan fingerprint density at radius 3 is 2.62 bits per heavy atom. The summed E-state index contributed by atoms with van der Waals surface area (Å²) in [7, 11) is 1.56. The number of carboxylic acids is 1. The van der Waals surface area contributed by atoms with E-state index in [0.717, 1.165) is 45.3 Å². The Morgan fingerprint density at radius 2 is 1.95 bits per heavy atom. The van der Waals surface area contributed by atoms with Crippen LogP contribution >= 0.6 is 0 Å². The highest BCUT2D eigenvalue weighted by Gasteiger charge is 2.37. The predicted octanol–water partition coefficient (Wildman–Crippen LogP) is 5.72. The van der Waals surface area contributed by atoms with Crippen molar-refractivity contribution in [2.75, 3.05) is 26.7 Å². The molecule has 3 aromatic rings. The lowest BCUT2D eigenvalue weighted by Gasteiger charge is -2.41. The fraction of sp³-hybridized carbons (Fsp3) is 0.467. The highest BCUT2D eigenvalue weighted by atomic mass is 19.1. The molecule has 2 aromatic carbocycles. The van der Waals surface area contributed by atoms with Gasteiger partial charge in [-0.2, -0.15) is 0 Å². The zero-order valence-electron chi connectivity index (χ0n) is 21.5. The number of nitrogens with zero attached hydrogens (tertiary/aromatic N) is 2. The number of likely N-dealkylation sites (tertiary alicyclic amines) is 1. The van der Waals surface area contributed by atoms with E-state index in [2.05, 4.69) is 34.1 Å². The Kier molecular flexibility index (Phi) is 9.11. The van der Waals surface area contributed by atoms with Gasteiger partial charge in [0.05, 0.1) is 25.2 Å². The first-order valence-corrected chi connectivity index (χ1v) is 13.1. The maximum atomic E-state index is 13.9. The van der Waals surface area contributed by atoms with Crippen LogP contribution in [0.3, 0.4) is 0 Å². The third-order valence-corrected chi connectivity index (χ3v) is 7.85. The number of aliphatic hydroxyl groups excluding tert-OH is 1. The second-order valence-electron chi connectivity index (χ2n) is 10.3. The van der Waals surface area contributed by atoms with E-state index in [1.54, 1.807) is 25.3 Å². The molecular weight excluding hydrogens is 471 g/mol. The molecule has 1 saturated heterocycles. The van der Waals surface area contributed by atoms with E-state index in [1.807, 2.05) is 6.07 Å². The molecule has 0 spiro atoms. The van der Waals surface area contributed by atoms with Crippen LogP contribution in [0.25, 0.3) is 10.9 Å². The van der Waals surface area contributed by atoms with Crippen molar-refractivity contribution < 1.29 is 24.1 Å². The molecule has 4 rings (SSSR count). The van der Waals surface area contributed by atoms with Crippen LogP contribution in [0.1, 0.15) is 61.3 Å². The standard InChI is InChI=1S/C30H37FN2O4/c1-37-24-9-10-26-25(18-24)29(23(20-31)21-32-26)27(34)11-12-30(19-28(35)36)13-16-33(17-14-30)15-5-8-22-6-3-2-4-7-22/h2-4,6-7,9-10,18,21,27,34H,5,8,11-17,19-20H2,1H3,(H,35,36)/t27-/m1/s1. The summed E-state index contributed by atoms with van der Waals surface area (Å²) in [5.74, 6) is -0.198. The van der Waals surface area contributed by atoms with Gasteiger partial charge in [-0.3, -0.25) is 9.78 Å². The minimum atomic E-state index is -0.919. The van der Waals surface area contributed by atoms with Crippen LogP contribution in [0.15, 0.2) is 54.7 Å². The first-order valence-electron chi connectivity index (χ1n) is 13.1. The number of alkyl halides is 1. The number of aromatic nitrogens is 1. The van der Waals surface area contributed by atoms with Crippen LogP contribution in [0, 0.1) is 5.41 Å². The Hall–Kier alpha value is -3.03. The monoisotopic (exact) mass is 508 g/mol. The molecule has 1 atom stereocenters. The number of ether oxygens (including phenoxy) is 1. The quantitative estimate of drug-likeness (QED) is 0.326. The maximum Gasteiger partial charge on any atom is 0.303 e. The fourth-order valence-corrected chi connectivity index (χ4v) is 5.69. The molecule has 0 unspecified atom stereocenters. The number of aryl methyl sites for hydroxylation is 1. The summed E-state index contributed by atoms with van der Waals surface area (Å²) in [5, 5.41) is 21.6. The Bertz CT molecular complexity index is 1170. The summed E-state index contributed by atoms with van der Waals surface area (Å²) in [6.45, 7) is 1.96. The van der Waals surface area contributed by atoms with E-state index in [1.165, 1.54) is 11.8 Å². The molecule has 0 saturated carbocycles. The van der Waals surface area contributed by atoms with E-state index >= 15 is 0 Å². The van der Waals surface area contributed by atoms with Crippen molar-refractivity contribution in [1.29, 1.82) is 0 Å². The van der Waals surface area contributed by atoms with Gasteiger partial charge >= 0.3 is 5.97 Å². The van der Waals surface area contributed by atoms with Gasteiger partial charge in [-0.05, 0) is 92.9 Å². The predicted molar refractivity (Wildman–Crippen MR) is 142 cm³/mol. The van der Waals surface area contributed by atoms with Gasteiger partial charge in [0.1, 0.15) is 12.4 Å². The van der Waals surface area contributed by atoms with Gasteiger partial charge in [0.25, 0.3) is 0 Å². The van der Waals surface area contributed by atoms with Crippen molar-refractivity contribution in [2.24, 2.45) is 5.41 Å². The maximum absolute atomic E-state index is 13.9. The number of benzene rings is 2. The summed E-state index contributed by atoms with van der Waals surface area (Å²) in [6, 6.07) is 15.8. The van der Waals surface area contributed by atoms with Crippen molar-refractivity contribution in [2.45, 2.75) is 57.7 Å². The van der Waals surface area contributed by atoms with Crippen molar-refractivity contribution in [3.63, 3.8) is 0 Å². The average Bonchev–Trinajstić information content (AvgIpc) is 2.92. The molecule has 0 amide bonds. The number of methoxy groups -OCH3 is 1. The van der Waals surface area contributed by atoms with Crippen LogP contribution < -0.4 is 4.74 Å². The van der Waals surface area contributed by atoms with Crippen molar-refractivity contribution in [1.82, 2.24) is 9.88 Å². The average molecular weight is 509 g/mol. The van der Waals surface area contributed by atoms with Gasteiger partial charge in [-0.25, -0.2) is 4.39 Å². The second-order valence-corrected chi connectivity index (χ2v) is 10.3.